The zero-order chi connectivity index (χ0) is 21.3. The number of carbonyl (C=O) groups excluding carboxylic acids is 1. The smallest absolute Gasteiger partial charge is 0.263 e. The number of thiophene rings is 1. The molecule has 0 spiro atoms. The first-order valence-corrected chi connectivity index (χ1v) is 12.4. The van der Waals surface area contributed by atoms with Gasteiger partial charge < -0.3 is 4.90 Å². The van der Waals surface area contributed by atoms with Crippen molar-refractivity contribution >= 4 is 27.5 Å². The molecule has 1 aliphatic carbocycles. The largest absolute Gasteiger partial charge is 0.341 e. The van der Waals surface area contributed by atoms with Gasteiger partial charge in [-0.3, -0.25) is 19.1 Å². The van der Waals surface area contributed by atoms with Gasteiger partial charge in [0, 0.05) is 18.0 Å². The fraction of sp³-hybridized carbons (Fsp3) is 0.696. The zero-order valence-corrected chi connectivity index (χ0v) is 19.4. The summed E-state index contributed by atoms with van der Waals surface area (Å²) in [4.78, 5) is 38.1. The minimum atomic E-state index is -0.0136. The van der Waals surface area contributed by atoms with Crippen molar-refractivity contribution in [3.05, 3.63) is 26.6 Å². The van der Waals surface area contributed by atoms with Crippen molar-refractivity contribution in [2.24, 2.45) is 5.92 Å². The molecule has 0 saturated carbocycles. The second-order valence-corrected chi connectivity index (χ2v) is 9.92. The molecule has 2 aliphatic rings. The predicted octanol–water partition coefficient (Wildman–Crippen LogP) is 3.44. The van der Waals surface area contributed by atoms with Crippen molar-refractivity contribution in [3.63, 3.8) is 0 Å². The molecule has 2 aromatic rings. The number of likely N-dealkylation sites (tertiary alicyclic amines) is 1. The standard InChI is InChI=1S/C23H34N4O2S/c1-4-25(5-2)14-19-24-22-21(17-8-6-7-9-18(17)30-22)23(29)27(19)15-20(28)26-12-10-16(3)11-13-26/h16H,4-15H2,1-3H3. The molecule has 6 nitrogen and oxygen atoms in total. The number of amides is 1. The molecule has 0 unspecified atom stereocenters. The summed E-state index contributed by atoms with van der Waals surface area (Å²) < 4.78 is 1.68. The molecular weight excluding hydrogens is 396 g/mol. The summed E-state index contributed by atoms with van der Waals surface area (Å²) in [6, 6.07) is 0. The van der Waals surface area contributed by atoms with E-state index in [1.807, 2.05) is 4.90 Å². The number of fused-ring (bicyclic) bond motifs is 3. The summed E-state index contributed by atoms with van der Waals surface area (Å²) >= 11 is 1.69. The molecule has 0 aromatic carbocycles. The van der Waals surface area contributed by atoms with Crippen LogP contribution in [0.5, 0.6) is 0 Å². The number of hydrogen-bond donors (Lipinski definition) is 0. The lowest BCUT2D eigenvalue weighted by Gasteiger charge is -2.31. The van der Waals surface area contributed by atoms with Crippen LogP contribution in [0.4, 0.5) is 0 Å². The maximum Gasteiger partial charge on any atom is 0.263 e. The predicted molar refractivity (Wildman–Crippen MR) is 122 cm³/mol. The Labute approximate surface area is 182 Å². The molecule has 164 valence electrons. The molecule has 1 fully saturated rings. The SMILES string of the molecule is CCN(CC)Cc1nc2sc3c(c2c(=O)n1CC(=O)N1CCC(C)CC1)CCCC3. The van der Waals surface area contributed by atoms with Crippen molar-refractivity contribution in [2.75, 3.05) is 26.2 Å². The van der Waals surface area contributed by atoms with Gasteiger partial charge in [-0.15, -0.1) is 11.3 Å². The summed E-state index contributed by atoms with van der Waals surface area (Å²) in [5, 5.41) is 0.776. The quantitative estimate of drug-likeness (QED) is 0.704. The average Bonchev–Trinajstić information content (AvgIpc) is 3.13. The van der Waals surface area contributed by atoms with Crippen molar-refractivity contribution in [2.45, 2.75) is 72.4 Å². The van der Waals surface area contributed by atoms with Gasteiger partial charge in [0.25, 0.3) is 5.56 Å². The van der Waals surface area contributed by atoms with E-state index in [1.165, 1.54) is 16.9 Å². The number of piperidine rings is 1. The third-order valence-corrected chi connectivity index (χ3v) is 8.03. The van der Waals surface area contributed by atoms with Gasteiger partial charge in [0.2, 0.25) is 5.91 Å². The Morgan fingerprint density at radius 3 is 2.57 bits per heavy atom. The Morgan fingerprint density at radius 1 is 1.17 bits per heavy atom. The second kappa shape index (κ2) is 9.18. The van der Waals surface area contributed by atoms with E-state index in [4.69, 9.17) is 4.98 Å². The van der Waals surface area contributed by atoms with Crippen LogP contribution in [-0.2, 0) is 30.7 Å². The Hall–Kier alpha value is -1.73. The lowest BCUT2D eigenvalue weighted by Crippen LogP contribution is -2.42. The number of hydrogen-bond acceptors (Lipinski definition) is 5. The van der Waals surface area contributed by atoms with Crippen LogP contribution in [-0.4, -0.2) is 51.4 Å². The summed E-state index contributed by atoms with van der Waals surface area (Å²) in [6.07, 6.45) is 6.41. The number of rotatable bonds is 6. The molecule has 0 radical (unpaired) electrons. The molecule has 30 heavy (non-hydrogen) atoms. The van der Waals surface area contributed by atoms with Crippen LogP contribution < -0.4 is 5.56 Å². The van der Waals surface area contributed by atoms with Gasteiger partial charge in [0.15, 0.2) is 0 Å². The van der Waals surface area contributed by atoms with Gasteiger partial charge in [0.1, 0.15) is 17.2 Å². The molecule has 3 heterocycles. The van der Waals surface area contributed by atoms with Gasteiger partial charge in [-0.05, 0) is 63.1 Å². The molecule has 1 aliphatic heterocycles. The van der Waals surface area contributed by atoms with Crippen LogP contribution in [0.2, 0.25) is 0 Å². The fourth-order valence-corrected chi connectivity index (χ4v) is 5.98. The highest BCUT2D eigenvalue weighted by Gasteiger charge is 2.26. The minimum Gasteiger partial charge on any atom is -0.341 e. The van der Waals surface area contributed by atoms with Crippen molar-refractivity contribution in [3.8, 4) is 0 Å². The number of nitrogens with zero attached hydrogens (tertiary/aromatic N) is 4. The van der Waals surface area contributed by atoms with Crippen LogP contribution in [0.15, 0.2) is 4.79 Å². The van der Waals surface area contributed by atoms with E-state index < -0.39 is 0 Å². The van der Waals surface area contributed by atoms with E-state index >= 15 is 0 Å². The van der Waals surface area contributed by atoms with Crippen molar-refractivity contribution in [1.29, 1.82) is 0 Å². The number of aromatic nitrogens is 2. The second-order valence-electron chi connectivity index (χ2n) is 8.84. The van der Waals surface area contributed by atoms with E-state index in [2.05, 4.69) is 25.7 Å². The highest BCUT2D eigenvalue weighted by atomic mass is 32.1. The molecule has 1 saturated heterocycles. The molecular formula is C23H34N4O2S. The molecule has 0 atom stereocenters. The summed E-state index contributed by atoms with van der Waals surface area (Å²) in [6.45, 7) is 10.6. The molecule has 2 aromatic heterocycles. The van der Waals surface area contributed by atoms with Gasteiger partial charge in [0.05, 0.1) is 11.9 Å². The molecule has 0 bridgehead atoms. The molecule has 0 N–H and O–H groups in total. The van der Waals surface area contributed by atoms with Gasteiger partial charge in [-0.25, -0.2) is 4.98 Å². The van der Waals surface area contributed by atoms with Crippen LogP contribution in [0.1, 0.15) is 62.7 Å². The van der Waals surface area contributed by atoms with E-state index in [1.54, 1.807) is 15.9 Å². The molecule has 7 heteroatoms. The van der Waals surface area contributed by atoms with Crippen molar-refractivity contribution in [1.82, 2.24) is 19.4 Å². The van der Waals surface area contributed by atoms with E-state index in [0.717, 1.165) is 74.3 Å². The van der Waals surface area contributed by atoms with Crippen LogP contribution >= 0.6 is 11.3 Å². The first kappa shape index (κ1) is 21.5. The van der Waals surface area contributed by atoms with Gasteiger partial charge >= 0.3 is 0 Å². The van der Waals surface area contributed by atoms with Gasteiger partial charge in [-0.1, -0.05) is 20.8 Å². The van der Waals surface area contributed by atoms with Crippen LogP contribution in [0, 0.1) is 5.92 Å². The van der Waals surface area contributed by atoms with Crippen molar-refractivity contribution < 1.29 is 4.79 Å². The van der Waals surface area contributed by atoms with E-state index in [-0.39, 0.29) is 18.0 Å². The summed E-state index contributed by atoms with van der Waals surface area (Å²) in [5.74, 6) is 1.45. The molecule has 1 amide bonds. The van der Waals surface area contributed by atoms with Crippen LogP contribution in [0.3, 0.4) is 0 Å². The first-order valence-electron chi connectivity index (χ1n) is 11.6. The molecule has 4 rings (SSSR count). The average molecular weight is 431 g/mol. The monoisotopic (exact) mass is 430 g/mol. The summed E-state index contributed by atoms with van der Waals surface area (Å²) in [7, 11) is 0. The Balaban J connectivity index is 1.73. The Morgan fingerprint density at radius 2 is 1.87 bits per heavy atom. The maximum absolute atomic E-state index is 13.7. The maximum atomic E-state index is 13.7. The van der Waals surface area contributed by atoms with E-state index in [0.29, 0.717) is 12.5 Å². The number of carbonyl (C=O) groups is 1. The topological polar surface area (TPSA) is 58.4 Å². The number of aryl methyl sites for hydroxylation is 2. The van der Waals surface area contributed by atoms with E-state index in [9.17, 15) is 9.59 Å². The summed E-state index contributed by atoms with van der Waals surface area (Å²) in [5.41, 5.74) is 1.18. The normalized spacial score (nSPS) is 17.7. The highest BCUT2D eigenvalue weighted by Crippen LogP contribution is 2.34. The Bertz CT molecular complexity index is 968. The fourth-order valence-electron chi connectivity index (χ4n) is 4.70. The first-order chi connectivity index (χ1) is 14.5. The zero-order valence-electron chi connectivity index (χ0n) is 18.6. The lowest BCUT2D eigenvalue weighted by molar-refractivity contribution is -0.133. The van der Waals surface area contributed by atoms with Gasteiger partial charge in [-0.2, -0.15) is 0 Å². The lowest BCUT2D eigenvalue weighted by atomic mass is 9.97. The third kappa shape index (κ3) is 4.19. The highest BCUT2D eigenvalue weighted by molar-refractivity contribution is 7.18. The van der Waals surface area contributed by atoms with Crippen LogP contribution in [0.25, 0.3) is 10.2 Å². The Kier molecular flexibility index (Phi) is 6.58. The minimum absolute atomic E-state index is 0.0136. The third-order valence-electron chi connectivity index (χ3n) is 6.84.